The number of halogens is 2. The van der Waals surface area contributed by atoms with Gasteiger partial charge in [-0.15, -0.1) is 0 Å². The maximum absolute atomic E-state index is 12.3. The molecule has 12 nitrogen and oxygen atoms in total. The first-order valence-corrected chi connectivity index (χ1v) is 12.5. The van der Waals surface area contributed by atoms with Crippen LogP contribution in [0, 0.1) is 0 Å². The highest BCUT2D eigenvalue weighted by atomic mass is 79.9. The average molecular weight is 618 g/mol. The average Bonchev–Trinajstić information content (AvgIpc) is 3.17. The first kappa shape index (κ1) is 29.4. The summed E-state index contributed by atoms with van der Waals surface area (Å²) in [6, 6.07) is 2.13. The lowest BCUT2D eigenvalue weighted by molar-refractivity contribution is -0.256. The van der Waals surface area contributed by atoms with E-state index in [-0.39, 0.29) is 23.3 Å². The lowest BCUT2D eigenvalue weighted by Crippen LogP contribution is -2.67. The first-order chi connectivity index (χ1) is 17.8. The molecule has 1 aromatic heterocycles. The monoisotopic (exact) mass is 616 g/mol. The molecule has 3 rings (SSSR count). The number of nitrogens with zero attached hydrogens (tertiary/aromatic N) is 1. The lowest BCUT2D eigenvalue weighted by atomic mass is 9.96. The fourth-order valence-electron chi connectivity index (χ4n) is 4.09. The fraction of sp³-hybridized carbons (Fsp3) is 0.458. The second-order valence-electron chi connectivity index (χ2n) is 8.48. The van der Waals surface area contributed by atoms with Crippen LogP contribution in [0.2, 0.25) is 5.02 Å². The van der Waals surface area contributed by atoms with Gasteiger partial charge in [-0.2, -0.15) is 0 Å². The summed E-state index contributed by atoms with van der Waals surface area (Å²) in [5.74, 6) is -2.86. The number of hydrogen-bond acceptors (Lipinski definition) is 10. The summed E-state index contributed by atoms with van der Waals surface area (Å²) in [6.45, 7) is 5.65. The second-order valence-corrected chi connectivity index (χ2v) is 9.71. The van der Waals surface area contributed by atoms with Crippen LogP contribution in [0.1, 0.15) is 39.4 Å². The summed E-state index contributed by atoms with van der Waals surface area (Å²) in [5, 5.41) is 3.23. The Labute approximate surface area is 230 Å². The zero-order valence-corrected chi connectivity index (χ0v) is 23.5. The Bertz CT molecular complexity index is 1280. The van der Waals surface area contributed by atoms with E-state index >= 15 is 0 Å². The van der Waals surface area contributed by atoms with E-state index in [9.17, 15) is 24.0 Å². The summed E-state index contributed by atoms with van der Waals surface area (Å²) in [5.41, 5.74) is 0.443. The Balaban J connectivity index is 2.14. The van der Waals surface area contributed by atoms with Crippen molar-refractivity contribution in [1.82, 2.24) is 9.88 Å². The topological polar surface area (TPSA) is 148 Å². The Morgan fingerprint density at radius 1 is 1.00 bits per heavy atom. The standard InChI is InChI=1S/C24H26BrClN2O10/c1-10(29)27-21-23(36-14(5)33)22(35-13(4)32)18(9-34-12(3)31)38-24(21)37-17-8-28(11(2)30)16-7-6-15(25)20(26)19(16)17/h6-8,18,21-24H,9H2,1-5H3,(H,27,29)/t18?,21?,22-,23-,24?/m1/s1. The van der Waals surface area contributed by atoms with Crippen LogP contribution in [-0.2, 0) is 38.1 Å². The number of aromatic nitrogens is 1. The SMILES string of the molecule is CC(=O)NC1C(Oc2cn(C(C)=O)c3ccc(Br)c(Cl)c23)OC(COC(C)=O)[C@@H](OC(C)=O)[C@@H]1OC(C)=O. The van der Waals surface area contributed by atoms with Gasteiger partial charge >= 0.3 is 17.9 Å². The number of amides is 1. The molecule has 1 aromatic carbocycles. The molecular weight excluding hydrogens is 592 g/mol. The van der Waals surface area contributed by atoms with Crippen molar-refractivity contribution in [1.29, 1.82) is 0 Å². The van der Waals surface area contributed by atoms with E-state index in [2.05, 4.69) is 21.2 Å². The van der Waals surface area contributed by atoms with Gasteiger partial charge in [-0.05, 0) is 28.1 Å². The minimum absolute atomic E-state index is 0.112. The molecule has 3 unspecified atom stereocenters. The highest BCUT2D eigenvalue weighted by Crippen LogP contribution is 2.40. The largest absolute Gasteiger partial charge is 0.463 e. The van der Waals surface area contributed by atoms with Crippen LogP contribution < -0.4 is 10.1 Å². The molecule has 1 fully saturated rings. The number of esters is 3. The van der Waals surface area contributed by atoms with Crippen molar-refractivity contribution in [3.63, 3.8) is 0 Å². The predicted octanol–water partition coefficient (Wildman–Crippen LogP) is 2.75. The summed E-state index contributed by atoms with van der Waals surface area (Å²) < 4.78 is 30.0. The molecule has 1 saturated heterocycles. The summed E-state index contributed by atoms with van der Waals surface area (Å²) in [6.07, 6.45) is -3.71. The van der Waals surface area contributed by atoms with Crippen molar-refractivity contribution < 1.29 is 47.7 Å². The zero-order chi connectivity index (χ0) is 28.3. The van der Waals surface area contributed by atoms with Gasteiger partial charge in [-0.1, -0.05) is 11.6 Å². The van der Waals surface area contributed by atoms with E-state index in [4.69, 9.17) is 35.3 Å². The zero-order valence-electron chi connectivity index (χ0n) is 21.1. The van der Waals surface area contributed by atoms with Crippen LogP contribution in [0.15, 0.2) is 22.8 Å². The third-order valence-corrected chi connectivity index (χ3v) is 6.76. The van der Waals surface area contributed by atoms with E-state index in [1.807, 2.05) is 0 Å². The van der Waals surface area contributed by atoms with Crippen molar-refractivity contribution >= 4 is 68.2 Å². The van der Waals surface area contributed by atoms with Gasteiger partial charge in [0.1, 0.15) is 18.8 Å². The Hall–Kier alpha value is -3.16. The van der Waals surface area contributed by atoms with Crippen molar-refractivity contribution in [3.05, 3.63) is 27.8 Å². The van der Waals surface area contributed by atoms with Crippen molar-refractivity contribution in [2.75, 3.05) is 6.61 Å². The molecule has 2 heterocycles. The van der Waals surface area contributed by atoms with Crippen molar-refractivity contribution in [3.8, 4) is 5.75 Å². The maximum atomic E-state index is 12.3. The van der Waals surface area contributed by atoms with E-state index in [1.54, 1.807) is 12.1 Å². The maximum Gasteiger partial charge on any atom is 0.303 e. The van der Waals surface area contributed by atoms with Crippen LogP contribution in [0.3, 0.4) is 0 Å². The minimum atomic E-state index is -1.38. The summed E-state index contributed by atoms with van der Waals surface area (Å²) in [7, 11) is 0. The van der Waals surface area contributed by atoms with E-state index in [1.165, 1.54) is 31.5 Å². The van der Waals surface area contributed by atoms with Gasteiger partial charge in [0, 0.05) is 39.1 Å². The van der Waals surface area contributed by atoms with Crippen LogP contribution >= 0.6 is 27.5 Å². The molecule has 0 bridgehead atoms. The van der Waals surface area contributed by atoms with Gasteiger partial charge in [0.15, 0.2) is 18.0 Å². The highest BCUT2D eigenvalue weighted by molar-refractivity contribution is 9.10. The number of nitrogens with one attached hydrogen (secondary N) is 1. The molecule has 0 radical (unpaired) electrons. The predicted molar refractivity (Wildman–Crippen MR) is 136 cm³/mol. The number of fused-ring (bicyclic) bond motifs is 1. The van der Waals surface area contributed by atoms with Crippen LogP contribution in [0.4, 0.5) is 0 Å². The number of carbonyl (C=O) groups excluding carboxylic acids is 5. The van der Waals surface area contributed by atoms with Gasteiger partial charge in [0.2, 0.25) is 18.1 Å². The van der Waals surface area contributed by atoms with Crippen molar-refractivity contribution in [2.24, 2.45) is 0 Å². The molecule has 206 valence electrons. The highest BCUT2D eigenvalue weighted by Gasteiger charge is 2.52. The Morgan fingerprint density at radius 3 is 2.18 bits per heavy atom. The number of carbonyl (C=O) groups is 5. The Morgan fingerprint density at radius 2 is 1.63 bits per heavy atom. The third kappa shape index (κ3) is 6.63. The van der Waals surface area contributed by atoms with E-state index < -0.39 is 54.5 Å². The Kier molecular flexibility index (Phi) is 9.39. The molecule has 0 spiro atoms. The summed E-state index contributed by atoms with van der Waals surface area (Å²) >= 11 is 9.89. The third-order valence-electron chi connectivity index (χ3n) is 5.48. The van der Waals surface area contributed by atoms with Gasteiger partial charge in [-0.25, -0.2) is 0 Å². The first-order valence-electron chi connectivity index (χ1n) is 11.4. The molecule has 1 amide bonds. The molecule has 0 saturated carbocycles. The molecule has 2 aromatic rings. The normalized spacial score (nSPS) is 22.9. The molecule has 5 atom stereocenters. The van der Waals surface area contributed by atoms with Gasteiger partial charge < -0.3 is 29.0 Å². The van der Waals surface area contributed by atoms with Crippen LogP contribution in [0.5, 0.6) is 5.75 Å². The fourth-order valence-corrected chi connectivity index (χ4v) is 4.68. The molecule has 0 aliphatic carbocycles. The quantitative estimate of drug-likeness (QED) is 0.363. The van der Waals surface area contributed by atoms with Gasteiger partial charge in [0.25, 0.3) is 0 Å². The number of hydrogen-bond donors (Lipinski definition) is 1. The molecule has 1 aliphatic heterocycles. The molecular formula is C24H26BrClN2O10. The van der Waals surface area contributed by atoms with Crippen molar-refractivity contribution in [2.45, 2.75) is 65.3 Å². The van der Waals surface area contributed by atoms with Crippen LogP contribution in [-0.4, -0.2) is 71.5 Å². The molecule has 38 heavy (non-hydrogen) atoms. The molecule has 1 aliphatic rings. The number of ether oxygens (including phenoxy) is 5. The molecule has 1 N–H and O–H groups in total. The number of rotatable bonds is 7. The van der Waals surface area contributed by atoms with Gasteiger partial charge in [0.05, 0.1) is 22.1 Å². The van der Waals surface area contributed by atoms with E-state index in [0.717, 1.165) is 13.8 Å². The second kappa shape index (κ2) is 12.1. The van der Waals surface area contributed by atoms with Gasteiger partial charge in [-0.3, -0.25) is 28.5 Å². The molecule has 14 heteroatoms. The lowest BCUT2D eigenvalue weighted by Gasteiger charge is -2.44. The number of benzene rings is 1. The van der Waals surface area contributed by atoms with E-state index in [0.29, 0.717) is 15.4 Å². The minimum Gasteiger partial charge on any atom is -0.463 e. The summed E-state index contributed by atoms with van der Waals surface area (Å²) in [4.78, 5) is 59.9. The van der Waals surface area contributed by atoms with Crippen LogP contribution in [0.25, 0.3) is 10.9 Å². The smallest absolute Gasteiger partial charge is 0.303 e.